The Hall–Kier alpha value is -2.56. The zero-order valence-electron chi connectivity index (χ0n) is 11.3. The standard InChI is InChI=1S/C12H13N5O5/c18-7-9-21-8-12(22-9,16-5-1-3-13-10(16)19)15-17-6-2-4-14-11(17)20/h1-6,9,15,18H,7-8H2. The molecule has 2 N–H and O–H groups in total. The molecule has 0 saturated carbocycles. The Kier molecular flexibility index (Phi) is 3.71. The van der Waals surface area contributed by atoms with Gasteiger partial charge in [0.2, 0.25) is 0 Å². The molecule has 1 aliphatic rings. The van der Waals surface area contributed by atoms with Crippen molar-refractivity contribution in [3.05, 3.63) is 57.9 Å². The normalized spacial score (nSPS) is 24.3. The number of aromatic nitrogens is 4. The lowest BCUT2D eigenvalue weighted by Crippen LogP contribution is -2.55. The Balaban J connectivity index is 2.05. The summed E-state index contributed by atoms with van der Waals surface area (Å²) in [5.41, 5.74) is 1.56. The zero-order valence-corrected chi connectivity index (χ0v) is 11.3. The zero-order chi connectivity index (χ0) is 15.6. The van der Waals surface area contributed by atoms with E-state index in [4.69, 9.17) is 9.47 Å². The molecule has 0 amide bonds. The molecule has 0 spiro atoms. The van der Waals surface area contributed by atoms with Crippen molar-refractivity contribution in [3.8, 4) is 0 Å². The largest absolute Gasteiger partial charge is 0.391 e. The lowest BCUT2D eigenvalue weighted by molar-refractivity contribution is -0.134. The van der Waals surface area contributed by atoms with Crippen molar-refractivity contribution in [1.82, 2.24) is 19.2 Å². The minimum Gasteiger partial charge on any atom is -0.391 e. The molecule has 2 atom stereocenters. The molecule has 0 aliphatic carbocycles. The molecule has 2 aromatic heterocycles. The number of nitrogens with one attached hydrogen (secondary N) is 1. The molecule has 0 radical (unpaired) electrons. The first-order valence-electron chi connectivity index (χ1n) is 6.41. The molecular formula is C12H13N5O5. The van der Waals surface area contributed by atoms with Crippen molar-refractivity contribution in [2.45, 2.75) is 12.1 Å². The summed E-state index contributed by atoms with van der Waals surface area (Å²) in [6.07, 6.45) is 4.60. The molecule has 2 unspecified atom stereocenters. The van der Waals surface area contributed by atoms with Gasteiger partial charge in [0, 0.05) is 24.8 Å². The van der Waals surface area contributed by atoms with E-state index >= 15 is 0 Å². The highest BCUT2D eigenvalue weighted by Gasteiger charge is 2.44. The van der Waals surface area contributed by atoms with E-state index < -0.39 is 30.1 Å². The third-order valence-electron chi connectivity index (χ3n) is 3.05. The van der Waals surface area contributed by atoms with Crippen molar-refractivity contribution >= 4 is 0 Å². The number of aliphatic hydroxyl groups is 1. The molecule has 2 aromatic rings. The van der Waals surface area contributed by atoms with E-state index in [0.29, 0.717) is 0 Å². The number of hydrogen-bond donors (Lipinski definition) is 2. The highest BCUT2D eigenvalue weighted by Crippen LogP contribution is 2.25. The van der Waals surface area contributed by atoms with E-state index in [1.165, 1.54) is 36.9 Å². The average Bonchev–Trinajstić information content (AvgIpc) is 2.94. The fraction of sp³-hybridized carbons (Fsp3) is 0.333. The van der Waals surface area contributed by atoms with E-state index in [2.05, 4.69) is 15.4 Å². The molecular weight excluding hydrogens is 294 g/mol. The topological polar surface area (TPSA) is 121 Å². The summed E-state index contributed by atoms with van der Waals surface area (Å²) < 4.78 is 13.1. The molecule has 116 valence electrons. The Morgan fingerprint density at radius 2 is 2.00 bits per heavy atom. The summed E-state index contributed by atoms with van der Waals surface area (Å²) in [5, 5.41) is 9.17. The lowest BCUT2D eigenvalue weighted by atomic mass is 10.4. The van der Waals surface area contributed by atoms with Gasteiger partial charge >= 0.3 is 11.4 Å². The van der Waals surface area contributed by atoms with Gasteiger partial charge in [-0.15, -0.1) is 0 Å². The van der Waals surface area contributed by atoms with Crippen LogP contribution in [-0.2, 0) is 15.3 Å². The Morgan fingerprint density at radius 1 is 1.27 bits per heavy atom. The minimum absolute atomic E-state index is 0.120. The number of ether oxygens (including phenoxy) is 2. The molecule has 22 heavy (non-hydrogen) atoms. The SMILES string of the molecule is O=c1ncccn1NC1(n2cccnc2=O)COC(CO)O1. The predicted molar refractivity (Wildman–Crippen MR) is 72.2 cm³/mol. The van der Waals surface area contributed by atoms with Gasteiger partial charge in [0.05, 0.1) is 6.61 Å². The van der Waals surface area contributed by atoms with Crippen molar-refractivity contribution in [2.75, 3.05) is 18.6 Å². The van der Waals surface area contributed by atoms with Crippen LogP contribution >= 0.6 is 0 Å². The van der Waals surface area contributed by atoms with Gasteiger partial charge in [-0.05, 0) is 12.1 Å². The summed E-state index contributed by atoms with van der Waals surface area (Å²) in [4.78, 5) is 31.0. The second-order valence-electron chi connectivity index (χ2n) is 4.48. The van der Waals surface area contributed by atoms with Gasteiger partial charge in [-0.3, -0.25) is 5.43 Å². The maximum absolute atomic E-state index is 12.0. The van der Waals surface area contributed by atoms with E-state index in [0.717, 1.165) is 9.24 Å². The van der Waals surface area contributed by atoms with Crippen molar-refractivity contribution < 1.29 is 14.6 Å². The molecule has 10 heteroatoms. The fourth-order valence-electron chi connectivity index (χ4n) is 2.08. The first-order chi connectivity index (χ1) is 10.6. The second kappa shape index (κ2) is 5.67. The molecule has 3 rings (SSSR count). The Bertz CT molecular complexity index is 774. The van der Waals surface area contributed by atoms with E-state index in [1.807, 2.05) is 0 Å². The predicted octanol–water partition coefficient (Wildman–Crippen LogP) is -1.98. The van der Waals surface area contributed by atoms with Crippen LogP contribution in [0.3, 0.4) is 0 Å². The fourth-order valence-corrected chi connectivity index (χ4v) is 2.08. The summed E-state index contributed by atoms with van der Waals surface area (Å²) in [5.74, 6) is -1.52. The first-order valence-corrected chi connectivity index (χ1v) is 6.41. The highest BCUT2D eigenvalue weighted by atomic mass is 16.8. The molecule has 1 aliphatic heterocycles. The number of rotatable bonds is 4. The smallest absolute Gasteiger partial charge is 0.366 e. The summed E-state index contributed by atoms with van der Waals surface area (Å²) in [7, 11) is 0. The molecule has 0 aromatic carbocycles. The van der Waals surface area contributed by atoms with Crippen LogP contribution < -0.4 is 16.8 Å². The van der Waals surface area contributed by atoms with Gasteiger partial charge in [-0.25, -0.2) is 28.8 Å². The van der Waals surface area contributed by atoms with Crippen LogP contribution in [0.4, 0.5) is 0 Å². The molecule has 10 nitrogen and oxygen atoms in total. The van der Waals surface area contributed by atoms with Gasteiger partial charge < -0.3 is 14.6 Å². The lowest BCUT2D eigenvalue weighted by Gasteiger charge is -2.30. The van der Waals surface area contributed by atoms with Gasteiger partial charge in [0.25, 0.3) is 5.85 Å². The number of hydrogen-bond acceptors (Lipinski definition) is 8. The monoisotopic (exact) mass is 307 g/mol. The average molecular weight is 307 g/mol. The van der Waals surface area contributed by atoms with E-state index in [1.54, 1.807) is 0 Å². The van der Waals surface area contributed by atoms with Crippen LogP contribution in [0.5, 0.6) is 0 Å². The molecule has 0 bridgehead atoms. The first kappa shape index (κ1) is 14.4. The van der Waals surface area contributed by atoms with Crippen LogP contribution in [0.15, 0.2) is 46.5 Å². The quantitative estimate of drug-likeness (QED) is 0.666. The third kappa shape index (κ3) is 2.50. The highest BCUT2D eigenvalue weighted by molar-refractivity contribution is 4.97. The van der Waals surface area contributed by atoms with Crippen LogP contribution in [0.2, 0.25) is 0 Å². The summed E-state index contributed by atoms with van der Waals surface area (Å²) in [6, 6.07) is 3.07. The maximum atomic E-state index is 12.0. The molecule has 3 heterocycles. The van der Waals surface area contributed by atoms with Crippen LogP contribution in [0, 0.1) is 0 Å². The van der Waals surface area contributed by atoms with Gasteiger partial charge in [-0.2, -0.15) is 0 Å². The van der Waals surface area contributed by atoms with Crippen molar-refractivity contribution in [3.63, 3.8) is 0 Å². The second-order valence-corrected chi connectivity index (χ2v) is 4.48. The number of nitrogens with zero attached hydrogens (tertiary/aromatic N) is 4. The molecule has 1 saturated heterocycles. The van der Waals surface area contributed by atoms with Crippen LogP contribution in [0.25, 0.3) is 0 Å². The van der Waals surface area contributed by atoms with Gasteiger partial charge in [-0.1, -0.05) is 0 Å². The van der Waals surface area contributed by atoms with E-state index in [-0.39, 0.29) is 6.61 Å². The van der Waals surface area contributed by atoms with Crippen molar-refractivity contribution in [1.29, 1.82) is 0 Å². The molecule has 1 fully saturated rings. The van der Waals surface area contributed by atoms with E-state index in [9.17, 15) is 14.7 Å². The van der Waals surface area contributed by atoms with Gasteiger partial charge in [0.1, 0.15) is 6.61 Å². The third-order valence-corrected chi connectivity index (χ3v) is 3.05. The van der Waals surface area contributed by atoms with Crippen molar-refractivity contribution in [2.24, 2.45) is 0 Å². The van der Waals surface area contributed by atoms with Crippen LogP contribution in [-0.4, -0.2) is 43.8 Å². The Morgan fingerprint density at radius 3 is 2.64 bits per heavy atom. The minimum atomic E-state index is -1.52. The maximum Gasteiger partial charge on any atom is 0.366 e. The Labute approximate surface area is 123 Å². The van der Waals surface area contributed by atoms with Crippen LogP contribution in [0.1, 0.15) is 0 Å². The summed E-state index contributed by atoms with van der Waals surface area (Å²) >= 11 is 0. The van der Waals surface area contributed by atoms with Gasteiger partial charge in [0.15, 0.2) is 6.29 Å². The number of aliphatic hydroxyl groups excluding tert-OH is 1. The summed E-state index contributed by atoms with van der Waals surface area (Å²) in [6.45, 7) is -0.522.